The maximum Gasteiger partial charge on any atom is 0.240 e. The zero-order chi connectivity index (χ0) is 11.8. The summed E-state index contributed by atoms with van der Waals surface area (Å²) in [5.41, 5.74) is 0. The molecule has 0 aliphatic carbocycles. The van der Waals surface area contributed by atoms with Crippen LogP contribution in [-0.2, 0) is 4.79 Å². The Morgan fingerprint density at radius 3 is 2.71 bits per heavy atom. The van der Waals surface area contributed by atoms with Crippen molar-refractivity contribution >= 4 is 5.91 Å². The molecule has 3 aliphatic heterocycles. The summed E-state index contributed by atoms with van der Waals surface area (Å²) in [5.74, 6) is 0.338. The number of amides is 1. The monoisotopic (exact) mass is 237 g/mol. The van der Waals surface area contributed by atoms with E-state index in [9.17, 15) is 4.79 Å². The quantitative estimate of drug-likeness (QED) is 0.757. The summed E-state index contributed by atoms with van der Waals surface area (Å²) in [6.07, 6.45) is 6.15. The number of rotatable bonds is 2. The summed E-state index contributed by atoms with van der Waals surface area (Å²) in [5, 5.41) is 3.13. The SMILES string of the molecule is CNC1CCN(C2CCN3CCCCC23)C1=O. The van der Waals surface area contributed by atoms with E-state index < -0.39 is 0 Å². The number of likely N-dealkylation sites (N-methyl/N-ethyl adjacent to an activating group) is 1. The molecule has 3 heterocycles. The van der Waals surface area contributed by atoms with E-state index >= 15 is 0 Å². The zero-order valence-electron chi connectivity index (χ0n) is 10.7. The van der Waals surface area contributed by atoms with Crippen LogP contribution in [0, 0.1) is 0 Å². The molecular formula is C13H23N3O. The van der Waals surface area contributed by atoms with Gasteiger partial charge in [0.2, 0.25) is 5.91 Å². The topological polar surface area (TPSA) is 35.6 Å². The first-order chi connectivity index (χ1) is 8.31. The van der Waals surface area contributed by atoms with Gasteiger partial charge in [0.15, 0.2) is 0 Å². The Labute approximate surface area is 103 Å². The van der Waals surface area contributed by atoms with Crippen molar-refractivity contribution in [3.05, 3.63) is 0 Å². The first-order valence-electron chi connectivity index (χ1n) is 7.03. The number of carbonyl (C=O) groups excluding carboxylic acids is 1. The molecular weight excluding hydrogens is 214 g/mol. The highest BCUT2D eigenvalue weighted by Crippen LogP contribution is 2.32. The number of nitrogens with zero attached hydrogens (tertiary/aromatic N) is 2. The number of hydrogen-bond acceptors (Lipinski definition) is 3. The predicted molar refractivity (Wildman–Crippen MR) is 66.8 cm³/mol. The molecule has 3 rings (SSSR count). The molecule has 1 amide bonds. The third-order valence-corrected chi connectivity index (χ3v) is 4.81. The highest BCUT2D eigenvalue weighted by molar-refractivity contribution is 5.84. The van der Waals surface area contributed by atoms with Gasteiger partial charge in [0.25, 0.3) is 0 Å². The third kappa shape index (κ3) is 1.87. The fourth-order valence-electron chi connectivity index (χ4n) is 3.88. The standard InChI is InChI=1S/C13H23N3O/c1-14-10-5-9-16(13(10)17)12-6-8-15-7-3-2-4-11(12)15/h10-12,14H,2-9H2,1H3. The third-order valence-electron chi connectivity index (χ3n) is 4.81. The van der Waals surface area contributed by atoms with E-state index in [1.165, 1.54) is 38.8 Å². The minimum atomic E-state index is 0.0765. The van der Waals surface area contributed by atoms with Gasteiger partial charge < -0.3 is 10.2 Å². The lowest BCUT2D eigenvalue weighted by molar-refractivity contribution is -0.131. The molecule has 0 spiro atoms. The summed E-state index contributed by atoms with van der Waals surface area (Å²) in [6.45, 7) is 3.40. The molecule has 0 saturated carbocycles. The Hall–Kier alpha value is -0.610. The van der Waals surface area contributed by atoms with Crippen LogP contribution in [0.2, 0.25) is 0 Å². The Kier molecular flexibility index (Phi) is 3.09. The molecule has 0 aromatic heterocycles. The van der Waals surface area contributed by atoms with Crippen LogP contribution >= 0.6 is 0 Å². The van der Waals surface area contributed by atoms with Crippen LogP contribution in [-0.4, -0.2) is 60.5 Å². The zero-order valence-corrected chi connectivity index (χ0v) is 10.7. The molecule has 4 nitrogen and oxygen atoms in total. The first kappa shape index (κ1) is 11.5. The molecule has 3 atom stereocenters. The van der Waals surface area contributed by atoms with E-state index in [1.54, 1.807) is 0 Å². The highest BCUT2D eigenvalue weighted by atomic mass is 16.2. The van der Waals surface area contributed by atoms with E-state index in [4.69, 9.17) is 0 Å². The van der Waals surface area contributed by atoms with Crippen LogP contribution in [0.25, 0.3) is 0 Å². The van der Waals surface area contributed by atoms with Crippen molar-refractivity contribution in [2.75, 3.05) is 26.7 Å². The molecule has 3 saturated heterocycles. The van der Waals surface area contributed by atoms with Gasteiger partial charge >= 0.3 is 0 Å². The van der Waals surface area contributed by atoms with Gasteiger partial charge in [0.05, 0.1) is 6.04 Å². The van der Waals surface area contributed by atoms with E-state index in [-0.39, 0.29) is 6.04 Å². The molecule has 1 N–H and O–H groups in total. The van der Waals surface area contributed by atoms with Crippen LogP contribution < -0.4 is 5.32 Å². The van der Waals surface area contributed by atoms with Crippen molar-refractivity contribution in [3.63, 3.8) is 0 Å². The summed E-state index contributed by atoms with van der Waals surface area (Å²) in [6, 6.07) is 1.23. The molecule has 0 aromatic rings. The van der Waals surface area contributed by atoms with Gasteiger partial charge in [0.1, 0.15) is 0 Å². The van der Waals surface area contributed by atoms with Gasteiger partial charge in [-0.2, -0.15) is 0 Å². The number of hydrogen-bond donors (Lipinski definition) is 1. The molecule has 0 bridgehead atoms. The smallest absolute Gasteiger partial charge is 0.240 e. The fraction of sp³-hybridized carbons (Fsp3) is 0.923. The largest absolute Gasteiger partial charge is 0.337 e. The number of carbonyl (C=O) groups is 1. The van der Waals surface area contributed by atoms with Crippen LogP contribution in [0.15, 0.2) is 0 Å². The van der Waals surface area contributed by atoms with E-state index in [2.05, 4.69) is 15.1 Å². The second-order valence-electron chi connectivity index (χ2n) is 5.62. The fourth-order valence-corrected chi connectivity index (χ4v) is 3.88. The lowest BCUT2D eigenvalue weighted by atomic mass is 9.98. The number of fused-ring (bicyclic) bond motifs is 1. The van der Waals surface area contributed by atoms with E-state index in [0.717, 1.165) is 13.0 Å². The lowest BCUT2D eigenvalue weighted by Gasteiger charge is -2.36. The maximum absolute atomic E-state index is 12.2. The van der Waals surface area contributed by atoms with Crippen LogP contribution in [0.5, 0.6) is 0 Å². The summed E-state index contributed by atoms with van der Waals surface area (Å²) in [7, 11) is 1.90. The predicted octanol–water partition coefficient (Wildman–Crippen LogP) is 0.433. The van der Waals surface area contributed by atoms with Gasteiger partial charge in [-0.3, -0.25) is 9.69 Å². The second kappa shape index (κ2) is 4.58. The summed E-state index contributed by atoms with van der Waals surface area (Å²) >= 11 is 0. The van der Waals surface area contributed by atoms with Crippen molar-refractivity contribution < 1.29 is 4.79 Å². The van der Waals surface area contributed by atoms with Crippen LogP contribution in [0.3, 0.4) is 0 Å². The molecule has 0 aromatic carbocycles. The average molecular weight is 237 g/mol. The highest BCUT2D eigenvalue weighted by Gasteiger charge is 2.43. The van der Waals surface area contributed by atoms with Gasteiger partial charge in [-0.1, -0.05) is 6.42 Å². The van der Waals surface area contributed by atoms with Crippen molar-refractivity contribution in [2.24, 2.45) is 0 Å². The lowest BCUT2D eigenvalue weighted by Crippen LogP contribution is -2.49. The Bertz CT molecular complexity index is 307. The number of nitrogens with one attached hydrogen (secondary N) is 1. The second-order valence-corrected chi connectivity index (χ2v) is 5.62. The normalized spacial score (nSPS) is 38.8. The minimum Gasteiger partial charge on any atom is -0.337 e. The minimum absolute atomic E-state index is 0.0765. The van der Waals surface area contributed by atoms with Crippen molar-refractivity contribution in [1.29, 1.82) is 0 Å². The molecule has 3 unspecified atom stereocenters. The molecule has 17 heavy (non-hydrogen) atoms. The van der Waals surface area contributed by atoms with Gasteiger partial charge in [-0.15, -0.1) is 0 Å². The Morgan fingerprint density at radius 2 is 1.94 bits per heavy atom. The molecule has 3 fully saturated rings. The van der Waals surface area contributed by atoms with Gasteiger partial charge in [-0.05, 0) is 39.3 Å². The van der Waals surface area contributed by atoms with Gasteiger partial charge in [0, 0.05) is 25.2 Å². The molecule has 3 aliphatic rings. The van der Waals surface area contributed by atoms with Crippen molar-refractivity contribution in [1.82, 2.24) is 15.1 Å². The Morgan fingerprint density at radius 1 is 1.06 bits per heavy atom. The first-order valence-corrected chi connectivity index (χ1v) is 7.03. The number of likely N-dealkylation sites (tertiary alicyclic amines) is 1. The van der Waals surface area contributed by atoms with E-state index in [1.807, 2.05) is 7.05 Å². The average Bonchev–Trinajstić information content (AvgIpc) is 2.92. The summed E-state index contributed by atoms with van der Waals surface area (Å²) < 4.78 is 0. The van der Waals surface area contributed by atoms with Crippen LogP contribution in [0.1, 0.15) is 32.1 Å². The Balaban J connectivity index is 1.70. The van der Waals surface area contributed by atoms with Crippen LogP contribution in [0.4, 0.5) is 0 Å². The maximum atomic E-state index is 12.2. The molecule has 4 heteroatoms. The molecule has 96 valence electrons. The number of piperidine rings is 1. The van der Waals surface area contributed by atoms with Gasteiger partial charge in [-0.25, -0.2) is 0 Å². The summed E-state index contributed by atoms with van der Waals surface area (Å²) in [4.78, 5) is 17.0. The molecule has 0 radical (unpaired) electrons. The van der Waals surface area contributed by atoms with E-state index in [0.29, 0.717) is 18.0 Å². The van der Waals surface area contributed by atoms with Crippen molar-refractivity contribution in [3.8, 4) is 0 Å². The van der Waals surface area contributed by atoms with Crippen molar-refractivity contribution in [2.45, 2.75) is 50.2 Å².